The lowest BCUT2D eigenvalue weighted by Crippen LogP contribution is -2.44. The van der Waals surface area contributed by atoms with Gasteiger partial charge in [0.25, 0.3) is 11.5 Å². The van der Waals surface area contributed by atoms with E-state index >= 15 is 0 Å². The molecule has 7 heteroatoms. The van der Waals surface area contributed by atoms with Crippen LogP contribution in [0.4, 0.5) is 0 Å². The maximum absolute atomic E-state index is 12.6. The summed E-state index contributed by atoms with van der Waals surface area (Å²) in [6, 6.07) is 6.79. The van der Waals surface area contributed by atoms with Crippen molar-refractivity contribution in [2.24, 2.45) is 0 Å². The lowest BCUT2D eigenvalue weighted by molar-refractivity contribution is -0.138. The maximum atomic E-state index is 12.6. The van der Waals surface area contributed by atoms with Gasteiger partial charge in [-0.2, -0.15) is 5.10 Å². The van der Waals surface area contributed by atoms with E-state index in [0.29, 0.717) is 23.7 Å². The molecule has 27 heavy (non-hydrogen) atoms. The fraction of sp³-hybridized carbons (Fsp3) is 0.500. The molecule has 0 bridgehead atoms. The summed E-state index contributed by atoms with van der Waals surface area (Å²) in [5.41, 5.74) is -0.196. The number of ether oxygens (including phenoxy) is 1. The van der Waals surface area contributed by atoms with Crippen LogP contribution < -0.4 is 5.56 Å². The topological polar surface area (TPSA) is 81.5 Å². The van der Waals surface area contributed by atoms with E-state index in [9.17, 15) is 14.4 Å². The number of amides is 1. The van der Waals surface area contributed by atoms with Crippen LogP contribution in [0.15, 0.2) is 29.1 Å². The first-order valence-electron chi connectivity index (χ1n) is 9.26. The molecule has 1 heterocycles. The number of aryl methyl sites for hydroxylation is 1. The normalized spacial score (nSPS) is 11.2. The Hall–Kier alpha value is -2.70. The molecule has 0 aliphatic rings. The van der Waals surface area contributed by atoms with Gasteiger partial charge in [0.2, 0.25) is 0 Å². The molecule has 1 amide bonds. The molecule has 146 valence electrons. The van der Waals surface area contributed by atoms with E-state index in [2.05, 4.69) is 5.10 Å². The number of hydrogen-bond donors (Lipinski definition) is 0. The minimum absolute atomic E-state index is 0.00150. The van der Waals surface area contributed by atoms with Gasteiger partial charge in [-0.1, -0.05) is 25.1 Å². The molecule has 0 radical (unpaired) electrons. The molecule has 2 rings (SSSR count). The van der Waals surface area contributed by atoms with E-state index in [1.165, 1.54) is 4.68 Å². The Balaban J connectivity index is 2.31. The molecular formula is C20H27N3O4. The SMILES string of the molecule is CCCn1nc(C(=O)OCC(=O)N(C(C)C)C(C)C)c2ccccc2c1=O. The Morgan fingerprint density at radius 3 is 2.26 bits per heavy atom. The average Bonchev–Trinajstić information content (AvgIpc) is 2.61. The molecule has 0 spiro atoms. The summed E-state index contributed by atoms with van der Waals surface area (Å²) < 4.78 is 6.52. The second-order valence-electron chi connectivity index (χ2n) is 6.99. The molecule has 0 aliphatic heterocycles. The van der Waals surface area contributed by atoms with Gasteiger partial charge in [-0.05, 0) is 40.2 Å². The molecular weight excluding hydrogens is 346 g/mol. The quantitative estimate of drug-likeness (QED) is 0.697. The highest BCUT2D eigenvalue weighted by molar-refractivity contribution is 6.02. The predicted molar refractivity (Wildman–Crippen MR) is 104 cm³/mol. The van der Waals surface area contributed by atoms with Gasteiger partial charge in [0.15, 0.2) is 12.3 Å². The van der Waals surface area contributed by atoms with Crippen LogP contribution >= 0.6 is 0 Å². The molecule has 0 aliphatic carbocycles. The zero-order valence-electron chi connectivity index (χ0n) is 16.6. The summed E-state index contributed by atoms with van der Waals surface area (Å²) >= 11 is 0. The van der Waals surface area contributed by atoms with Crippen molar-refractivity contribution in [3.63, 3.8) is 0 Å². The number of rotatable bonds is 7. The molecule has 0 atom stereocenters. The molecule has 1 aromatic carbocycles. The minimum Gasteiger partial charge on any atom is -0.451 e. The summed E-state index contributed by atoms with van der Waals surface area (Å²) in [7, 11) is 0. The monoisotopic (exact) mass is 373 g/mol. The maximum Gasteiger partial charge on any atom is 0.359 e. The largest absolute Gasteiger partial charge is 0.451 e. The van der Waals surface area contributed by atoms with Crippen molar-refractivity contribution in [3.05, 3.63) is 40.3 Å². The number of fused-ring (bicyclic) bond motifs is 1. The number of benzene rings is 1. The van der Waals surface area contributed by atoms with Crippen molar-refractivity contribution < 1.29 is 14.3 Å². The molecule has 0 saturated carbocycles. The molecule has 7 nitrogen and oxygen atoms in total. The highest BCUT2D eigenvalue weighted by Crippen LogP contribution is 2.15. The Kier molecular flexibility index (Phi) is 6.71. The first-order valence-corrected chi connectivity index (χ1v) is 9.26. The van der Waals surface area contributed by atoms with Gasteiger partial charge in [0.05, 0.1) is 5.39 Å². The van der Waals surface area contributed by atoms with E-state index in [1.807, 2.05) is 34.6 Å². The highest BCUT2D eigenvalue weighted by atomic mass is 16.5. The third-order valence-electron chi connectivity index (χ3n) is 4.22. The van der Waals surface area contributed by atoms with Gasteiger partial charge in [-0.25, -0.2) is 9.48 Å². The second-order valence-corrected chi connectivity index (χ2v) is 6.99. The van der Waals surface area contributed by atoms with Crippen molar-refractivity contribution in [2.75, 3.05) is 6.61 Å². The Morgan fingerprint density at radius 1 is 1.11 bits per heavy atom. The van der Waals surface area contributed by atoms with Crippen LogP contribution in [0.2, 0.25) is 0 Å². The number of carbonyl (C=O) groups is 2. The third-order valence-corrected chi connectivity index (χ3v) is 4.22. The molecule has 0 N–H and O–H groups in total. The Labute approximate surface area is 158 Å². The van der Waals surface area contributed by atoms with E-state index in [0.717, 1.165) is 0 Å². The lowest BCUT2D eigenvalue weighted by Gasteiger charge is -2.30. The van der Waals surface area contributed by atoms with Gasteiger partial charge < -0.3 is 9.64 Å². The van der Waals surface area contributed by atoms with Gasteiger partial charge in [-0.3, -0.25) is 9.59 Å². The summed E-state index contributed by atoms with van der Waals surface area (Å²) in [6.07, 6.45) is 0.704. The van der Waals surface area contributed by atoms with Crippen molar-refractivity contribution in [2.45, 2.75) is 59.7 Å². The van der Waals surface area contributed by atoms with E-state index < -0.39 is 5.97 Å². The van der Waals surface area contributed by atoms with Crippen LogP contribution in [0.5, 0.6) is 0 Å². The van der Waals surface area contributed by atoms with Crippen LogP contribution in [-0.2, 0) is 16.1 Å². The summed E-state index contributed by atoms with van der Waals surface area (Å²) in [5, 5.41) is 5.02. The number of esters is 1. The summed E-state index contributed by atoms with van der Waals surface area (Å²) in [6.45, 7) is 9.61. The zero-order chi connectivity index (χ0) is 20.1. The van der Waals surface area contributed by atoms with Crippen molar-refractivity contribution in [1.82, 2.24) is 14.7 Å². The van der Waals surface area contributed by atoms with Crippen LogP contribution in [0.25, 0.3) is 10.8 Å². The van der Waals surface area contributed by atoms with Gasteiger partial charge >= 0.3 is 5.97 Å². The summed E-state index contributed by atoms with van der Waals surface area (Å²) in [5.74, 6) is -0.976. The first-order chi connectivity index (χ1) is 12.8. The number of nitrogens with zero attached hydrogens (tertiary/aromatic N) is 3. The molecule has 2 aromatic rings. The predicted octanol–water partition coefficient (Wildman–Crippen LogP) is 2.61. The molecule has 0 fully saturated rings. The van der Waals surface area contributed by atoms with Crippen LogP contribution in [0, 0.1) is 0 Å². The smallest absolute Gasteiger partial charge is 0.359 e. The third kappa shape index (κ3) is 4.53. The highest BCUT2D eigenvalue weighted by Gasteiger charge is 2.23. The Bertz CT molecular complexity index is 878. The van der Waals surface area contributed by atoms with Crippen LogP contribution in [0.1, 0.15) is 51.5 Å². The zero-order valence-corrected chi connectivity index (χ0v) is 16.6. The first kappa shape index (κ1) is 20.6. The average molecular weight is 373 g/mol. The fourth-order valence-electron chi connectivity index (χ4n) is 3.19. The van der Waals surface area contributed by atoms with E-state index in [-0.39, 0.29) is 35.9 Å². The minimum atomic E-state index is -0.711. The lowest BCUT2D eigenvalue weighted by atomic mass is 10.1. The number of carbonyl (C=O) groups excluding carboxylic acids is 2. The number of hydrogen-bond acceptors (Lipinski definition) is 5. The summed E-state index contributed by atoms with van der Waals surface area (Å²) in [4.78, 5) is 39.2. The number of aromatic nitrogens is 2. The van der Waals surface area contributed by atoms with Gasteiger partial charge in [-0.15, -0.1) is 0 Å². The van der Waals surface area contributed by atoms with E-state index in [1.54, 1.807) is 29.2 Å². The van der Waals surface area contributed by atoms with E-state index in [4.69, 9.17) is 4.74 Å². The standard InChI is InChI=1S/C20H27N3O4/c1-6-11-22-19(25)16-10-8-7-9-15(16)18(21-22)20(26)27-12-17(24)23(13(2)3)14(4)5/h7-10,13-14H,6,11-12H2,1-5H3. The molecule has 0 saturated heterocycles. The van der Waals surface area contributed by atoms with Crippen molar-refractivity contribution >= 4 is 22.6 Å². The van der Waals surface area contributed by atoms with Crippen LogP contribution in [-0.4, -0.2) is 45.2 Å². The van der Waals surface area contributed by atoms with Gasteiger partial charge in [0.1, 0.15) is 0 Å². The fourth-order valence-corrected chi connectivity index (χ4v) is 3.19. The van der Waals surface area contributed by atoms with Crippen LogP contribution in [0.3, 0.4) is 0 Å². The second kappa shape index (κ2) is 8.79. The van der Waals surface area contributed by atoms with Crippen molar-refractivity contribution in [1.29, 1.82) is 0 Å². The molecule has 1 aromatic heterocycles. The van der Waals surface area contributed by atoms with Gasteiger partial charge in [0, 0.05) is 24.0 Å². The Morgan fingerprint density at radius 2 is 1.70 bits per heavy atom. The van der Waals surface area contributed by atoms with Crippen molar-refractivity contribution in [3.8, 4) is 0 Å². The molecule has 0 unspecified atom stereocenters.